The number of ether oxygens (including phenoxy) is 1. The minimum absolute atomic E-state index is 0.658. The Bertz CT molecular complexity index is 435. The molecule has 0 bridgehead atoms. The molecule has 0 aliphatic rings. The van der Waals surface area contributed by atoms with Gasteiger partial charge in [0.25, 0.3) is 0 Å². The van der Waals surface area contributed by atoms with Gasteiger partial charge in [0.15, 0.2) is 0 Å². The number of rotatable bonds is 14. The molecule has 0 amide bonds. The minimum Gasteiger partial charge on any atom is -0.494 e. The number of hydrogen-bond acceptors (Lipinski definition) is 1. The van der Waals surface area contributed by atoms with Crippen LogP contribution < -0.4 is 4.74 Å². The lowest BCUT2D eigenvalue weighted by molar-refractivity contribution is 0.309. The molecule has 0 aliphatic heterocycles. The Kier molecular flexibility index (Phi) is 12.3. The van der Waals surface area contributed by atoms with E-state index in [4.69, 9.17) is 4.74 Å². The van der Waals surface area contributed by atoms with Crippen molar-refractivity contribution in [2.45, 2.75) is 85.0 Å². The highest BCUT2D eigenvalue weighted by Crippen LogP contribution is 2.18. The summed E-state index contributed by atoms with van der Waals surface area (Å²) in [6.07, 6.45) is 17.9. The van der Waals surface area contributed by atoms with Gasteiger partial charge in [-0.2, -0.15) is 0 Å². The molecule has 0 aromatic heterocycles. The maximum atomic E-state index is 5.78. The molecule has 24 heavy (non-hydrogen) atoms. The fourth-order valence-electron chi connectivity index (χ4n) is 2.84. The van der Waals surface area contributed by atoms with Crippen LogP contribution in [0.2, 0.25) is 0 Å². The van der Waals surface area contributed by atoms with Crippen LogP contribution in [0.15, 0.2) is 30.3 Å². The molecule has 0 saturated carbocycles. The SMILES string of the molecule is CCCCCCCCCC(C)C=Cc1cccc(OCCCC)c1. The van der Waals surface area contributed by atoms with Gasteiger partial charge in [-0.1, -0.05) is 96.4 Å². The van der Waals surface area contributed by atoms with E-state index in [1.165, 1.54) is 63.4 Å². The van der Waals surface area contributed by atoms with Crippen molar-refractivity contribution in [1.29, 1.82) is 0 Å². The summed E-state index contributed by atoms with van der Waals surface area (Å²) in [5.41, 5.74) is 1.25. The second-order valence-electron chi connectivity index (χ2n) is 7.02. The lowest BCUT2D eigenvalue weighted by Crippen LogP contribution is -1.96. The van der Waals surface area contributed by atoms with Crippen LogP contribution in [-0.2, 0) is 0 Å². The number of benzene rings is 1. The molecular weight excluding hydrogens is 292 g/mol. The molecular formula is C23H38O. The van der Waals surface area contributed by atoms with E-state index in [-0.39, 0.29) is 0 Å². The third-order valence-corrected chi connectivity index (χ3v) is 4.50. The van der Waals surface area contributed by atoms with Crippen LogP contribution >= 0.6 is 0 Å². The van der Waals surface area contributed by atoms with Crippen molar-refractivity contribution >= 4 is 6.08 Å². The fraction of sp³-hybridized carbons (Fsp3) is 0.652. The largest absolute Gasteiger partial charge is 0.494 e. The highest BCUT2D eigenvalue weighted by molar-refractivity contribution is 5.51. The molecule has 1 atom stereocenters. The Morgan fingerprint density at radius 1 is 0.917 bits per heavy atom. The number of hydrogen-bond donors (Lipinski definition) is 0. The molecule has 1 heteroatoms. The summed E-state index contributed by atoms with van der Waals surface area (Å²) in [7, 11) is 0. The first-order valence-corrected chi connectivity index (χ1v) is 10.2. The maximum Gasteiger partial charge on any atom is 0.119 e. The Hall–Kier alpha value is -1.24. The summed E-state index contributed by atoms with van der Waals surface area (Å²) >= 11 is 0. The van der Waals surface area contributed by atoms with E-state index in [0.29, 0.717) is 5.92 Å². The van der Waals surface area contributed by atoms with Gasteiger partial charge in [0, 0.05) is 0 Å². The average molecular weight is 331 g/mol. The summed E-state index contributed by atoms with van der Waals surface area (Å²) in [6.45, 7) is 7.61. The zero-order chi connectivity index (χ0) is 17.5. The van der Waals surface area contributed by atoms with Gasteiger partial charge < -0.3 is 4.74 Å². The van der Waals surface area contributed by atoms with E-state index in [0.717, 1.165) is 18.8 Å². The van der Waals surface area contributed by atoms with Crippen LogP contribution in [0.25, 0.3) is 6.08 Å². The molecule has 0 aliphatic carbocycles. The second-order valence-corrected chi connectivity index (χ2v) is 7.02. The van der Waals surface area contributed by atoms with Crippen molar-refractivity contribution in [3.05, 3.63) is 35.9 Å². The van der Waals surface area contributed by atoms with Crippen molar-refractivity contribution < 1.29 is 4.74 Å². The first-order valence-electron chi connectivity index (χ1n) is 10.2. The standard InChI is InChI=1S/C23H38O/c1-4-6-8-9-10-11-12-14-21(3)17-18-22-15-13-16-23(20-22)24-19-7-5-2/h13,15-18,20-21H,4-12,14,19H2,1-3H3. The molecule has 1 nitrogen and oxygen atoms in total. The average Bonchev–Trinajstić information content (AvgIpc) is 2.60. The monoisotopic (exact) mass is 330 g/mol. The molecule has 1 rings (SSSR count). The molecule has 1 aromatic carbocycles. The van der Waals surface area contributed by atoms with Gasteiger partial charge in [0.05, 0.1) is 6.61 Å². The highest BCUT2D eigenvalue weighted by atomic mass is 16.5. The van der Waals surface area contributed by atoms with Gasteiger partial charge in [0.2, 0.25) is 0 Å². The van der Waals surface area contributed by atoms with E-state index in [2.05, 4.69) is 57.2 Å². The molecule has 1 aromatic rings. The van der Waals surface area contributed by atoms with Gasteiger partial charge in [0.1, 0.15) is 5.75 Å². The summed E-state index contributed by atoms with van der Waals surface area (Å²) in [5.74, 6) is 1.65. The van der Waals surface area contributed by atoms with Crippen molar-refractivity contribution in [3.8, 4) is 5.75 Å². The minimum atomic E-state index is 0.658. The molecule has 1 unspecified atom stereocenters. The summed E-state index contributed by atoms with van der Waals surface area (Å²) in [4.78, 5) is 0. The van der Waals surface area contributed by atoms with E-state index in [1.807, 2.05) is 0 Å². The van der Waals surface area contributed by atoms with E-state index >= 15 is 0 Å². The van der Waals surface area contributed by atoms with Crippen molar-refractivity contribution in [2.75, 3.05) is 6.61 Å². The van der Waals surface area contributed by atoms with Gasteiger partial charge in [-0.25, -0.2) is 0 Å². The molecule has 0 heterocycles. The van der Waals surface area contributed by atoms with Crippen LogP contribution in [-0.4, -0.2) is 6.61 Å². The fourth-order valence-corrected chi connectivity index (χ4v) is 2.84. The molecule has 0 N–H and O–H groups in total. The molecule has 0 radical (unpaired) electrons. The number of unbranched alkanes of at least 4 members (excludes halogenated alkanes) is 7. The van der Waals surface area contributed by atoms with Gasteiger partial charge in [-0.05, 0) is 36.5 Å². The van der Waals surface area contributed by atoms with Gasteiger partial charge >= 0.3 is 0 Å². The van der Waals surface area contributed by atoms with Crippen molar-refractivity contribution in [2.24, 2.45) is 5.92 Å². The maximum absolute atomic E-state index is 5.78. The summed E-state index contributed by atoms with van der Waals surface area (Å²) in [6, 6.07) is 8.44. The highest BCUT2D eigenvalue weighted by Gasteiger charge is 1.99. The molecule has 0 spiro atoms. The smallest absolute Gasteiger partial charge is 0.119 e. The first kappa shape index (κ1) is 20.8. The summed E-state index contributed by atoms with van der Waals surface area (Å²) in [5, 5.41) is 0. The van der Waals surface area contributed by atoms with Crippen LogP contribution in [0.4, 0.5) is 0 Å². The van der Waals surface area contributed by atoms with Crippen LogP contribution in [0.1, 0.15) is 90.5 Å². The third-order valence-electron chi connectivity index (χ3n) is 4.50. The van der Waals surface area contributed by atoms with E-state index in [1.54, 1.807) is 0 Å². The number of allylic oxidation sites excluding steroid dienone is 1. The Morgan fingerprint density at radius 2 is 1.62 bits per heavy atom. The Labute approximate surface area is 150 Å². The predicted molar refractivity (Wildman–Crippen MR) is 108 cm³/mol. The third kappa shape index (κ3) is 10.5. The normalized spacial score (nSPS) is 12.6. The zero-order valence-corrected chi connectivity index (χ0v) is 16.2. The lowest BCUT2D eigenvalue weighted by atomic mass is 10.0. The predicted octanol–water partition coefficient (Wildman–Crippen LogP) is 7.66. The van der Waals surface area contributed by atoms with E-state index in [9.17, 15) is 0 Å². The van der Waals surface area contributed by atoms with Crippen LogP contribution in [0.5, 0.6) is 5.75 Å². The topological polar surface area (TPSA) is 9.23 Å². The van der Waals surface area contributed by atoms with Crippen LogP contribution in [0, 0.1) is 5.92 Å². The second kappa shape index (κ2) is 14.1. The molecule has 136 valence electrons. The van der Waals surface area contributed by atoms with Crippen molar-refractivity contribution in [3.63, 3.8) is 0 Å². The Morgan fingerprint density at radius 3 is 2.38 bits per heavy atom. The Balaban J connectivity index is 2.23. The van der Waals surface area contributed by atoms with Gasteiger partial charge in [-0.3, -0.25) is 0 Å². The zero-order valence-electron chi connectivity index (χ0n) is 16.2. The first-order chi connectivity index (χ1) is 11.8. The quantitative estimate of drug-likeness (QED) is 0.318. The van der Waals surface area contributed by atoms with Crippen LogP contribution in [0.3, 0.4) is 0 Å². The lowest BCUT2D eigenvalue weighted by Gasteiger charge is -2.07. The van der Waals surface area contributed by atoms with Gasteiger partial charge in [-0.15, -0.1) is 0 Å². The molecule has 0 fully saturated rings. The summed E-state index contributed by atoms with van der Waals surface area (Å²) < 4.78 is 5.78. The van der Waals surface area contributed by atoms with E-state index < -0.39 is 0 Å². The molecule has 0 saturated heterocycles. The van der Waals surface area contributed by atoms with Crippen molar-refractivity contribution in [1.82, 2.24) is 0 Å².